The van der Waals surface area contributed by atoms with E-state index in [0.29, 0.717) is 12.3 Å². The van der Waals surface area contributed by atoms with Gasteiger partial charge in [-0.15, -0.1) is 0 Å². The van der Waals surface area contributed by atoms with Gasteiger partial charge in [0.25, 0.3) is 0 Å². The van der Waals surface area contributed by atoms with Gasteiger partial charge in [0.15, 0.2) is 0 Å². The third-order valence-electron chi connectivity index (χ3n) is 2.77. The normalized spacial score (nSPS) is 15.3. The van der Waals surface area contributed by atoms with Crippen molar-refractivity contribution in [3.05, 3.63) is 0 Å². The van der Waals surface area contributed by atoms with Crippen LogP contribution in [0.4, 0.5) is 0 Å². The molecule has 0 aromatic carbocycles. The average molecular weight is 198 g/mol. The molecule has 0 rings (SSSR count). The molecule has 0 aliphatic rings. The summed E-state index contributed by atoms with van der Waals surface area (Å²) >= 11 is 0. The second kappa shape index (κ2) is 5.94. The Hall–Kier alpha value is -0.660. The molecule has 2 heteroatoms. The van der Waals surface area contributed by atoms with E-state index in [-0.39, 0.29) is 23.4 Å². The lowest BCUT2D eigenvalue weighted by Crippen LogP contribution is -2.27. The van der Waals surface area contributed by atoms with Crippen LogP contribution in [0.3, 0.4) is 0 Å². The number of ketones is 2. The number of carbonyl (C=O) groups excluding carboxylic acids is 2. The van der Waals surface area contributed by atoms with Gasteiger partial charge in [0.05, 0.1) is 0 Å². The number of carbonyl (C=O) groups is 2. The first-order valence-corrected chi connectivity index (χ1v) is 5.43. The maximum Gasteiger partial charge on any atom is 0.139 e. The second-order valence-corrected chi connectivity index (χ2v) is 4.46. The summed E-state index contributed by atoms with van der Waals surface area (Å²) in [6, 6.07) is 0. The van der Waals surface area contributed by atoms with Crippen molar-refractivity contribution in [3.8, 4) is 0 Å². The molecule has 0 heterocycles. The van der Waals surface area contributed by atoms with Gasteiger partial charge in [-0.05, 0) is 12.8 Å². The van der Waals surface area contributed by atoms with Crippen LogP contribution >= 0.6 is 0 Å². The van der Waals surface area contributed by atoms with Gasteiger partial charge in [0.2, 0.25) is 0 Å². The van der Waals surface area contributed by atoms with E-state index in [1.807, 2.05) is 20.8 Å². The molecule has 0 aliphatic carbocycles. The topological polar surface area (TPSA) is 34.1 Å². The van der Waals surface area contributed by atoms with E-state index in [4.69, 9.17) is 0 Å². The lowest BCUT2D eigenvalue weighted by atomic mass is 9.81. The predicted molar refractivity (Wildman–Crippen MR) is 58.1 cm³/mol. The minimum absolute atomic E-state index is 0.0355. The first kappa shape index (κ1) is 13.3. The summed E-state index contributed by atoms with van der Waals surface area (Å²) in [6.45, 7) is 9.47. The van der Waals surface area contributed by atoms with Crippen LogP contribution in [0.5, 0.6) is 0 Å². The predicted octanol–water partition coefficient (Wildman–Crippen LogP) is 2.85. The smallest absolute Gasteiger partial charge is 0.139 e. The quantitative estimate of drug-likeness (QED) is 0.657. The van der Waals surface area contributed by atoms with E-state index in [1.165, 1.54) is 0 Å². The van der Waals surface area contributed by atoms with Crippen molar-refractivity contribution in [1.29, 1.82) is 0 Å². The average Bonchev–Trinajstić information content (AvgIpc) is 2.11. The number of hydrogen-bond acceptors (Lipinski definition) is 2. The molecule has 0 bridgehead atoms. The molecular formula is C12H22O2. The molecule has 2 atom stereocenters. The van der Waals surface area contributed by atoms with Crippen LogP contribution in [-0.2, 0) is 9.59 Å². The summed E-state index contributed by atoms with van der Waals surface area (Å²) in [7, 11) is 0. The molecule has 1 unspecified atom stereocenters. The van der Waals surface area contributed by atoms with Gasteiger partial charge < -0.3 is 4.79 Å². The van der Waals surface area contributed by atoms with Gasteiger partial charge >= 0.3 is 0 Å². The first-order valence-electron chi connectivity index (χ1n) is 5.43. The van der Waals surface area contributed by atoms with Crippen molar-refractivity contribution < 1.29 is 9.59 Å². The van der Waals surface area contributed by atoms with Crippen molar-refractivity contribution in [2.45, 2.75) is 47.5 Å². The third kappa shape index (κ3) is 4.03. The zero-order valence-electron chi connectivity index (χ0n) is 9.96. The van der Waals surface area contributed by atoms with Gasteiger partial charge in [-0.1, -0.05) is 34.1 Å². The fourth-order valence-electron chi connectivity index (χ4n) is 1.60. The fourth-order valence-corrected chi connectivity index (χ4v) is 1.60. The molecule has 0 aromatic rings. The number of hydrogen-bond donors (Lipinski definition) is 0. The van der Waals surface area contributed by atoms with Crippen molar-refractivity contribution in [2.24, 2.45) is 17.8 Å². The Bertz CT molecular complexity index is 206. The molecule has 14 heavy (non-hydrogen) atoms. The zero-order chi connectivity index (χ0) is 11.3. The minimum atomic E-state index is -0.0718. The highest BCUT2D eigenvalue weighted by Crippen LogP contribution is 2.23. The van der Waals surface area contributed by atoms with E-state index in [9.17, 15) is 9.59 Å². The first-order chi connectivity index (χ1) is 6.40. The van der Waals surface area contributed by atoms with E-state index >= 15 is 0 Å². The highest BCUT2D eigenvalue weighted by Gasteiger charge is 2.26. The van der Waals surface area contributed by atoms with Crippen molar-refractivity contribution in [1.82, 2.24) is 0 Å². The molecule has 0 aliphatic heterocycles. The molecular weight excluding hydrogens is 176 g/mol. The molecule has 0 amide bonds. The molecule has 2 nitrogen and oxygen atoms in total. The van der Waals surface area contributed by atoms with E-state index in [2.05, 4.69) is 6.92 Å². The lowest BCUT2D eigenvalue weighted by molar-refractivity contribution is -0.131. The summed E-state index contributed by atoms with van der Waals surface area (Å²) in [5.41, 5.74) is 0. The SMILES string of the molecule is CC[C@@H](C)C(CC(C)=O)C(=O)C(C)C. The summed E-state index contributed by atoms with van der Waals surface area (Å²) in [5.74, 6) is 0.624. The maximum absolute atomic E-state index is 11.8. The summed E-state index contributed by atoms with van der Waals surface area (Å²) < 4.78 is 0. The van der Waals surface area contributed by atoms with E-state index in [1.54, 1.807) is 6.92 Å². The summed E-state index contributed by atoms with van der Waals surface area (Å²) in [4.78, 5) is 22.9. The van der Waals surface area contributed by atoms with Gasteiger partial charge in [0.1, 0.15) is 11.6 Å². The lowest BCUT2D eigenvalue weighted by Gasteiger charge is -2.22. The van der Waals surface area contributed by atoms with Gasteiger partial charge in [-0.3, -0.25) is 4.79 Å². The van der Waals surface area contributed by atoms with Crippen LogP contribution in [0.25, 0.3) is 0 Å². The molecule has 0 radical (unpaired) electrons. The van der Waals surface area contributed by atoms with Gasteiger partial charge in [0, 0.05) is 18.3 Å². The molecule has 0 saturated carbocycles. The van der Waals surface area contributed by atoms with Crippen LogP contribution in [0.2, 0.25) is 0 Å². The number of rotatable bonds is 6. The summed E-state index contributed by atoms with van der Waals surface area (Å²) in [5, 5.41) is 0. The van der Waals surface area contributed by atoms with Crippen LogP contribution in [0, 0.1) is 17.8 Å². The molecule has 0 aromatic heterocycles. The zero-order valence-corrected chi connectivity index (χ0v) is 9.96. The van der Waals surface area contributed by atoms with Crippen LogP contribution in [0.1, 0.15) is 47.5 Å². The van der Waals surface area contributed by atoms with Gasteiger partial charge in [-0.25, -0.2) is 0 Å². The Morgan fingerprint density at radius 1 is 1.14 bits per heavy atom. The molecule has 82 valence electrons. The Balaban J connectivity index is 4.54. The van der Waals surface area contributed by atoms with Gasteiger partial charge in [-0.2, -0.15) is 0 Å². The monoisotopic (exact) mass is 198 g/mol. The molecule has 0 saturated heterocycles. The highest BCUT2D eigenvalue weighted by atomic mass is 16.1. The Kier molecular flexibility index (Phi) is 5.66. The van der Waals surface area contributed by atoms with E-state index in [0.717, 1.165) is 6.42 Å². The van der Waals surface area contributed by atoms with Crippen molar-refractivity contribution in [2.75, 3.05) is 0 Å². The largest absolute Gasteiger partial charge is 0.300 e. The van der Waals surface area contributed by atoms with Crippen LogP contribution in [-0.4, -0.2) is 11.6 Å². The van der Waals surface area contributed by atoms with Crippen molar-refractivity contribution >= 4 is 11.6 Å². The van der Waals surface area contributed by atoms with Crippen LogP contribution < -0.4 is 0 Å². The second-order valence-electron chi connectivity index (χ2n) is 4.46. The third-order valence-corrected chi connectivity index (χ3v) is 2.77. The summed E-state index contributed by atoms with van der Waals surface area (Å²) in [6.07, 6.45) is 1.36. The highest BCUT2D eigenvalue weighted by molar-refractivity contribution is 5.88. The maximum atomic E-state index is 11.8. The molecule has 0 fully saturated rings. The Morgan fingerprint density at radius 2 is 1.64 bits per heavy atom. The Morgan fingerprint density at radius 3 is 1.93 bits per heavy atom. The Labute approximate surface area is 87.1 Å². The number of Topliss-reactive ketones (excluding diaryl/α,β-unsaturated/α-hetero) is 2. The van der Waals surface area contributed by atoms with Crippen molar-refractivity contribution in [3.63, 3.8) is 0 Å². The molecule has 0 N–H and O–H groups in total. The molecule has 0 spiro atoms. The fraction of sp³-hybridized carbons (Fsp3) is 0.833. The standard InChI is InChI=1S/C12H22O2/c1-6-9(4)11(7-10(5)13)12(14)8(2)3/h8-9,11H,6-7H2,1-5H3/t9-,11?/m1/s1. The van der Waals surface area contributed by atoms with E-state index < -0.39 is 0 Å². The minimum Gasteiger partial charge on any atom is -0.300 e. The van der Waals surface area contributed by atoms with Crippen LogP contribution in [0.15, 0.2) is 0 Å².